The van der Waals surface area contributed by atoms with Gasteiger partial charge in [0.1, 0.15) is 17.2 Å². The lowest BCUT2D eigenvalue weighted by molar-refractivity contribution is -0.158. The van der Waals surface area contributed by atoms with Crippen molar-refractivity contribution in [3.05, 3.63) is 0 Å². The van der Waals surface area contributed by atoms with Crippen molar-refractivity contribution < 1.29 is 19.1 Å². The van der Waals surface area contributed by atoms with E-state index in [1.807, 2.05) is 34.6 Å². The van der Waals surface area contributed by atoms with Crippen molar-refractivity contribution in [2.45, 2.75) is 90.4 Å². The lowest BCUT2D eigenvalue weighted by Crippen LogP contribution is -2.43. The van der Waals surface area contributed by atoms with Crippen molar-refractivity contribution in [3.8, 4) is 0 Å². The minimum Gasteiger partial charge on any atom is -0.459 e. The summed E-state index contributed by atoms with van der Waals surface area (Å²) >= 11 is 0. The van der Waals surface area contributed by atoms with E-state index in [0.29, 0.717) is 5.92 Å². The highest BCUT2D eigenvalue weighted by Crippen LogP contribution is 2.35. The van der Waals surface area contributed by atoms with E-state index in [9.17, 15) is 9.59 Å². The first-order valence-electron chi connectivity index (χ1n) is 8.86. The number of ether oxygens (including phenoxy) is 2. The molecule has 24 heavy (non-hydrogen) atoms. The topological polar surface area (TPSA) is 105 Å². The van der Waals surface area contributed by atoms with E-state index >= 15 is 0 Å². The second-order valence-electron chi connectivity index (χ2n) is 8.56. The number of hydrogen-bond donors (Lipinski definition) is 2. The Morgan fingerprint density at radius 3 is 2.04 bits per heavy atom. The zero-order chi connectivity index (χ0) is 18.5. The van der Waals surface area contributed by atoms with Crippen LogP contribution in [0.1, 0.15) is 73.1 Å². The number of primary amides is 1. The van der Waals surface area contributed by atoms with Crippen LogP contribution in [-0.4, -0.2) is 29.3 Å². The molecule has 0 spiro atoms. The van der Waals surface area contributed by atoms with Gasteiger partial charge in [-0.25, -0.2) is 4.79 Å². The molecule has 0 saturated heterocycles. The zero-order valence-corrected chi connectivity index (χ0v) is 15.8. The maximum Gasteiger partial charge on any atom is 0.405 e. The van der Waals surface area contributed by atoms with Crippen LogP contribution in [0.15, 0.2) is 0 Å². The first kappa shape index (κ1) is 20.7. The number of esters is 1. The van der Waals surface area contributed by atoms with Gasteiger partial charge in [-0.1, -0.05) is 12.8 Å². The lowest BCUT2D eigenvalue weighted by atomic mass is 9.76. The highest BCUT2D eigenvalue weighted by Gasteiger charge is 2.33. The molecule has 1 atom stereocenters. The molecular weight excluding hydrogens is 308 g/mol. The van der Waals surface area contributed by atoms with Crippen molar-refractivity contribution in [1.29, 1.82) is 0 Å². The van der Waals surface area contributed by atoms with Crippen LogP contribution in [-0.2, 0) is 14.3 Å². The lowest BCUT2D eigenvalue weighted by Gasteiger charge is -2.33. The molecule has 0 aromatic heterocycles. The summed E-state index contributed by atoms with van der Waals surface area (Å²) in [5.41, 5.74) is 10.2. The Morgan fingerprint density at radius 1 is 1.04 bits per heavy atom. The molecule has 1 aliphatic carbocycles. The summed E-state index contributed by atoms with van der Waals surface area (Å²) in [5, 5.41) is 0. The monoisotopic (exact) mass is 342 g/mol. The number of rotatable bonds is 6. The number of nitrogens with two attached hydrogens (primary N) is 2. The molecular formula is C18H34N2O4. The van der Waals surface area contributed by atoms with Crippen LogP contribution in [0.4, 0.5) is 4.79 Å². The predicted octanol–water partition coefficient (Wildman–Crippen LogP) is 3.12. The van der Waals surface area contributed by atoms with Gasteiger partial charge in [0.05, 0.1) is 0 Å². The number of carbonyl (C=O) groups is 2. The van der Waals surface area contributed by atoms with Crippen molar-refractivity contribution in [2.75, 3.05) is 0 Å². The van der Waals surface area contributed by atoms with Gasteiger partial charge in [-0.15, -0.1) is 0 Å². The van der Waals surface area contributed by atoms with Crippen molar-refractivity contribution >= 4 is 12.1 Å². The third-order valence-corrected chi connectivity index (χ3v) is 4.61. The van der Waals surface area contributed by atoms with Crippen molar-refractivity contribution in [1.82, 2.24) is 0 Å². The molecule has 140 valence electrons. The summed E-state index contributed by atoms with van der Waals surface area (Å²) in [4.78, 5) is 23.0. The average molecular weight is 342 g/mol. The molecule has 0 aromatic carbocycles. The van der Waals surface area contributed by atoms with E-state index in [-0.39, 0.29) is 11.9 Å². The molecule has 4 N–H and O–H groups in total. The van der Waals surface area contributed by atoms with E-state index in [1.165, 1.54) is 0 Å². The molecule has 0 bridgehead atoms. The number of carbonyl (C=O) groups excluding carboxylic acids is 2. The fourth-order valence-electron chi connectivity index (χ4n) is 3.27. The second kappa shape index (κ2) is 8.19. The van der Waals surface area contributed by atoms with Crippen LogP contribution >= 0.6 is 0 Å². The molecule has 1 aliphatic rings. The van der Waals surface area contributed by atoms with Crippen LogP contribution in [0.5, 0.6) is 0 Å². The summed E-state index contributed by atoms with van der Waals surface area (Å²) in [6, 6.07) is -0.542. The van der Waals surface area contributed by atoms with Crippen LogP contribution in [0.25, 0.3) is 0 Å². The molecule has 6 nitrogen and oxygen atoms in total. The average Bonchev–Trinajstić information content (AvgIpc) is 2.42. The van der Waals surface area contributed by atoms with Gasteiger partial charge >= 0.3 is 12.1 Å². The van der Waals surface area contributed by atoms with Crippen LogP contribution in [0.2, 0.25) is 0 Å². The molecule has 0 heterocycles. The van der Waals surface area contributed by atoms with Gasteiger partial charge in [0.15, 0.2) is 0 Å². The fourth-order valence-corrected chi connectivity index (χ4v) is 3.27. The molecule has 0 aromatic rings. The highest BCUT2D eigenvalue weighted by molar-refractivity contribution is 5.76. The Kier molecular flexibility index (Phi) is 7.08. The van der Waals surface area contributed by atoms with Gasteiger partial charge in [-0.2, -0.15) is 0 Å². The standard InChI is InChI=1S/C18H34N2O4/c1-17(2,3)23-15(21)14(19)13-8-6-12(7-9-13)10-11-18(4,5)24-16(20)22/h12-14H,6-11,19H2,1-5H3,(H2,20,22). The van der Waals surface area contributed by atoms with E-state index in [4.69, 9.17) is 20.9 Å². The van der Waals surface area contributed by atoms with Gasteiger partial charge in [-0.3, -0.25) is 4.79 Å². The van der Waals surface area contributed by atoms with Crippen LogP contribution < -0.4 is 11.5 Å². The highest BCUT2D eigenvalue weighted by atomic mass is 16.6. The van der Waals surface area contributed by atoms with Gasteiger partial charge in [0, 0.05) is 0 Å². The quantitative estimate of drug-likeness (QED) is 0.722. The van der Waals surface area contributed by atoms with Gasteiger partial charge in [0.25, 0.3) is 0 Å². The van der Waals surface area contributed by atoms with Gasteiger partial charge in [-0.05, 0) is 72.1 Å². The Morgan fingerprint density at radius 2 is 1.58 bits per heavy atom. The zero-order valence-electron chi connectivity index (χ0n) is 15.8. The summed E-state index contributed by atoms with van der Waals surface area (Å²) in [6.45, 7) is 9.31. The molecule has 1 fully saturated rings. The number of hydrogen-bond acceptors (Lipinski definition) is 5. The first-order valence-corrected chi connectivity index (χ1v) is 8.86. The third kappa shape index (κ3) is 7.51. The molecule has 0 radical (unpaired) electrons. The summed E-state index contributed by atoms with van der Waals surface area (Å²) < 4.78 is 10.5. The Labute approximate surface area is 145 Å². The van der Waals surface area contributed by atoms with Crippen LogP contribution in [0.3, 0.4) is 0 Å². The Bertz CT molecular complexity index is 435. The van der Waals surface area contributed by atoms with Crippen LogP contribution in [0, 0.1) is 11.8 Å². The van der Waals surface area contributed by atoms with E-state index in [1.54, 1.807) is 0 Å². The molecule has 1 unspecified atom stereocenters. The minimum atomic E-state index is -0.730. The molecule has 1 rings (SSSR count). The molecule has 1 saturated carbocycles. The SMILES string of the molecule is CC(C)(C)OC(=O)C(N)C1CCC(CCC(C)(C)OC(N)=O)CC1. The van der Waals surface area contributed by atoms with E-state index in [0.717, 1.165) is 38.5 Å². The molecule has 0 aliphatic heterocycles. The maximum absolute atomic E-state index is 12.1. The normalized spacial score (nSPS) is 23.4. The summed E-state index contributed by atoms with van der Waals surface area (Å²) in [7, 11) is 0. The Hall–Kier alpha value is -1.30. The van der Waals surface area contributed by atoms with E-state index < -0.39 is 23.3 Å². The summed E-state index contributed by atoms with van der Waals surface area (Å²) in [6.07, 6.45) is 4.97. The van der Waals surface area contributed by atoms with Gasteiger partial charge in [0.2, 0.25) is 0 Å². The van der Waals surface area contributed by atoms with Gasteiger partial charge < -0.3 is 20.9 Å². The second-order valence-corrected chi connectivity index (χ2v) is 8.56. The third-order valence-electron chi connectivity index (χ3n) is 4.61. The predicted molar refractivity (Wildman–Crippen MR) is 93.2 cm³/mol. The minimum absolute atomic E-state index is 0.186. The van der Waals surface area contributed by atoms with Crippen molar-refractivity contribution in [2.24, 2.45) is 23.3 Å². The molecule has 1 amide bonds. The summed E-state index contributed by atoms with van der Waals surface area (Å²) in [5.74, 6) is 0.454. The largest absolute Gasteiger partial charge is 0.459 e. The Balaban J connectivity index is 2.38. The van der Waals surface area contributed by atoms with E-state index in [2.05, 4.69) is 0 Å². The smallest absolute Gasteiger partial charge is 0.405 e. The fraction of sp³-hybridized carbons (Fsp3) is 0.889. The van der Waals surface area contributed by atoms with Crippen molar-refractivity contribution in [3.63, 3.8) is 0 Å². The maximum atomic E-state index is 12.1. The number of amides is 1. The first-order chi connectivity index (χ1) is 10.9. The molecule has 6 heteroatoms.